The molecule has 0 amide bonds. The average molecular weight is 282 g/mol. The van der Waals surface area contributed by atoms with Gasteiger partial charge in [0.1, 0.15) is 0 Å². The van der Waals surface area contributed by atoms with Crippen molar-refractivity contribution >= 4 is 0 Å². The summed E-state index contributed by atoms with van der Waals surface area (Å²) >= 11 is 0. The van der Waals surface area contributed by atoms with E-state index >= 15 is 0 Å². The Morgan fingerprint density at radius 2 is 2.15 bits per heavy atom. The molecule has 1 aliphatic heterocycles. The molecule has 20 heavy (non-hydrogen) atoms. The predicted molar refractivity (Wildman–Crippen MR) is 76.5 cm³/mol. The lowest BCUT2D eigenvalue weighted by atomic mass is 10.2. The van der Waals surface area contributed by atoms with Crippen molar-refractivity contribution in [3.05, 3.63) is 29.6 Å². The summed E-state index contributed by atoms with van der Waals surface area (Å²) in [5.74, 6) is 0.0355. The summed E-state index contributed by atoms with van der Waals surface area (Å²) in [6, 6.07) is 5.23. The van der Waals surface area contributed by atoms with Gasteiger partial charge in [-0.2, -0.15) is 0 Å². The number of nitrogens with one attached hydrogen (secondary N) is 1. The molecule has 0 aromatic heterocycles. The van der Waals surface area contributed by atoms with Gasteiger partial charge in [-0.15, -0.1) is 0 Å². The number of benzene rings is 1. The fraction of sp³-hybridized carbons (Fsp3) is 0.600. The summed E-state index contributed by atoms with van der Waals surface area (Å²) in [6.45, 7) is 6.19. The molecule has 112 valence electrons. The van der Waals surface area contributed by atoms with Crippen LogP contribution >= 0.6 is 0 Å². The first-order valence-corrected chi connectivity index (χ1v) is 7.13. The number of hydrogen-bond acceptors (Lipinski definition) is 4. The van der Waals surface area contributed by atoms with Crippen molar-refractivity contribution < 1.29 is 13.9 Å². The molecule has 1 fully saturated rings. The van der Waals surface area contributed by atoms with Crippen LogP contribution in [0.4, 0.5) is 4.39 Å². The van der Waals surface area contributed by atoms with E-state index in [2.05, 4.69) is 10.2 Å². The van der Waals surface area contributed by atoms with Gasteiger partial charge in [-0.1, -0.05) is 12.1 Å². The van der Waals surface area contributed by atoms with Gasteiger partial charge in [0.2, 0.25) is 0 Å². The predicted octanol–water partition coefficient (Wildman–Crippen LogP) is 1.65. The van der Waals surface area contributed by atoms with Crippen molar-refractivity contribution in [1.82, 2.24) is 10.2 Å². The van der Waals surface area contributed by atoms with Crippen molar-refractivity contribution in [1.29, 1.82) is 0 Å². The van der Waals surface area contributed by atoms with Crippen LogP contribution in [-0.2, 0) is 11.3 Å². The molecule has 4 nitrogen and oxygen atoms in total. The topological polar surface area (TPSA) is 33.7 Å². The maximum Gasteiger partial charge on any atom is 0.169 e. The number of nitrogens with zero attached hydrogens (tertiary/aromatic N) is 1. The van der Waals surface area contributed by atoms with Crippen LogP contribution in [0.15, 0.2) is 18.2 Å². The van der Waals surface area contributed by atoms with E-state index in [9.17, 15) is 4.39 Å². The van der Waals surface area contributed by atoms with E-state index in [1.807, 2.05) is 6.07 Å². The smallest absolute Gasteiger partial charge is 0.169 e. The molecular weight excluding hydrogens is 259 g/mol. The Balaban J connectivity index is 1.65. The third-order valence-electron chi connectivity index (χ3n) is 3.51. The van der Waals surface area contributed by atoms with Crippen LogP contribution in [0.1, 0.15) is 12.0 Å². The van der Waals surface area contributed by atoms with Gasteiger partial charge in [-0.25, -0.2) is 4.39 Å². The number of hydrogen-bond donors (Lipinski definition) is 1. The molecule has 1 N–H and O–H groups in total. The zero-order valence-electron chi connectivity index (χ0n) is 12.0. The number of morpholine rings is 1. The van der Waals surface area contributed by atoms with Gasteiger partial charge < -0.3 is 14.8 Å². The van der Waals surface area contributed by atoms with Gasteiger partial charge in [-0.05, 0) is 25.6 Å². The van der Waals surface area contributed by atoms with Gasteiger partial charge in [0.15, 0.2) is 11.6 Å². The highest BCUT2D eigenvalue weighted by molar-refractivity contribution is 5.30. The highest BCUT2D eigenvalue weighted by atomic mass is 19.1. The number of ether oxygens (including phenoxy) is 2. The van der Waals surface area contributed by atoms with Crippen molar-refractivity contribution in [2.75, 3.05) is 46.5 Å². The number of methoxy groups -OCH3 is 1. The van der Waals surface area contributed by atoms with Gasteiger partial charge in [-0.3, -0.25) is 4.90 Å². The van der Waals surface area contributed by atoms with Gasteiger partial charge in [0.05, 0.1) is 20.3 Å². The summed E-state index contributed by atoms with van der Waals surface area (Å²) in [4.78, 5) is 2.40. The van der Waals surface area contributed by atoms with Crippen LogP contribution in [0.25, 0.3) is 0 Å². The Morgan fingerprint density at radius 1 is 1.35 bits per heavy atom. The highest BCUT2D eigenvalue weighted by Gasteiger charge is 2.10. The molecule has 2 rings (SSSR count). The Morgan fingerprint density at radius 3 is 2.90 bits per heavy atom. The van der Waals surface area contributed by atoms with E-state index in [1.54, 1.807) is 12.1 Å². The molecule has 1 saturated heterocycles. The molecule has 0 radical (unpaired) electrons. The minimum atomic E-state index is -0.268. The second kappa shape index (κ2) is 8.19. The molecule has 0 unspecified atom stereocenters. The monoisotopic (exact) mass is 282 g/mol. The van der Waals surface area contributed by atoms with E-state index in [-0.39, 0.29) is 5.82 Å². The molecule has 1 aromatic rings. The number of halogens is 1. The maximum atomic E-state index is 13.9. The summed E-state index contributed by atoms with van der Waals surface area (Å²) in [5.41, 5.74) is 0.649. The SMILES string of the molecule is COc1cccc(CNCCCN2CCOCC2)c1F. The average Bonchev–Trinajstić information content (AvgIpc) is 2.49. The quantitative estimate of drug-likeness (QED) is 0.771. The Bertz CT molecular complexity index is 409. The fourth-order valence-corrected chi connectivity index (χ4v) is 2.33. The van der Waals surface area contributed by atoms with Gasteiger partial charge in [0, 0.05) is 25.2 Å². The third-order valence-corrected chi connectivity index (χ3v) is 3.51. The Kier molecular flexibility index (Phi) is 6.24. The lowest BCUT2D eigenvalue weighted by Gasteiger charge is -2.26. The van der Waals surface area contributed by atoms with Gasteiger partial charge in [0.25, 0.3) is 0 Å². The molecule has 0 atom stereocenters. The van der Waals surface area contributed by atoms with Crippen LogP contribution in [0, 0.1) is 5.82 Å². The molecule has 1 aliphatic rings. The fourth-order valence-electron chi connectivity index (χ4n) is 2.33. The Labute approximate surface area is 119 Å². The Hall–Kier alpha value is -1.17. The number of rotatable bonds is 7. The molecule has 1 heterocycles. The molecule has 1 aromatic carbocycles. The molecule has 0 bridgehead atoms. The first-order valence-electron chi connectivity index (χ1n) is 7.13. The minimum Gasteiger partial charge on any atom is -0.494 e. The zero-order chi connectivity index (χ0) is 14.2. The van der Waals surface area contributed by atoms with E-state index in [4.69, 9.17) is 9.47 Å². The lowest BCUT2D eigenvalue weighted by molar-refractivity contribution is 0.0374. The van der Waals surface area contributed by atoms with Crippen LogP contribution in [-0.4, -0.2) is 51.4 Å². The largest absolute Gasteiger partial charge is 0.494 e. The highest BCUT2D eigenvalue weighted by Crippen LogP contribution is 2.19. The van der Waals surface area contributed by atoms with Gasteiger partial charge >= 0.3 is 0 Å². The van der Waals surface area contributed by atoms with E-state index < -0.39 is 0 Å². The minimum absolute atomic E-state index is 0.268. The first-order chi connectivity index (χ1) is 9.81. The second-order valence-electron chi connectivity index (χ2n) is 4.92. The molecule has 0 saturated carbocycles. The normalized spacial score (nSPS) is 16.3. The first kappa shape index (κ1) is 15.2. The lowest BCUT2D eigenvalue weighted by Crippen LogP contribution is -2.37. The molecule has 0 aliphatic carbocycles. The second-order valence-corrected chi connectivity index (χ2v) is 4.92. The van der Waals surface area contributed by atoms with Crippen molar-refractivity contribution in [2.24, 2.45) is 0 Å². The summed E-state index contributed by atoms with van der Waals surface area (Å²) in [7, 11) is 1.48. The summed E-state index contributed by atoms with van der Waals surface area (Å²) < 4.78 is 24.2. The van der Waals surface area contributed by atoms with Crippen LogP contribution in [0.2, 0.25) is 0 Å². The van der Waals surface area contributed by atoms with Crippen LogP contribution in [0.5, 0.6) is 5.75 Å². The van der Waals surface area contributed by atoms with Crippen LogP contribution in [0.3, 0.4) is 0 Å². The standard InChI is InChI=1S/C15H23FN2O2/c1-19-14-5-2-4-13(15(14)16)12-17-6-3-7-18-8-10-20-11-9-18/h2,4-5,17H,3,6-12H2,1H3. The molecular formula is C15H23FN2O2. The summed E-state index contributed by atoms with van der Waals surface area (Å²) in [5, 5.41) is 3.28. The van der Waals surface area contributed by atoms with Crippen molar-refractivity contribution in [2.45, 2.75) is 13.0 Å². The van der Waals surface area contributed by atoms with E-state index in [0.29, 0.717) is 17.9 Å². The molecule has 5 heteroatoms. The van der Waals surface area contributed by atoms with E-state index in [1.165, 1.54) is 7.11 Å². The zero-order valence-corrected chi connectivity index (χ0v) is 12.0. The van der Waals surface area contributed by atoms with E-state index in [0.717, 1.165) is 45.8 Å². The third kappa shape index (κ3) is 4.44. The molecule has 0 spiro atoms. The maximum absolute atomic E-state index is 13.9. The summed E-state index contributed by atoms with van der Waals surface area (Å²) in [6.07, 6.45) is 1.06. The van der Waals surface area contributed by atoms with Crippen LogP contribution < -0.4 is 10.1 Å². The van der Waals surface area contributed by atoms with Crippen molar-refractivity contribution in [3.8, 4) is 5.75 Å². The van der Waals surface area contributed by atoms with Crippen molar-refractivity contribution in [3.63, 3.8) is 0 Å².